The Morgan fingerprint density at radius 3 is 1.34 bits per heavy atom. The Labute approximate surface area is 176 Å². The summed E-state index contributed by atoms with van der Waals surface area (Å²) in [6.07, 6.45) is 10.0. The minimum absolute atomic E-state index is 1.01. The topological polar surface area (TPSA) is 6.48 Å². The second-order valence-corrected chi connectivity index (χ2v) is 7.31. The van der Waals surface area contributed by atoms with Crippen LogP contribution in [-0.4, -0.2) is 26.2 Å². The lowest BCUT2D eigenvalue weighted by Gasteiger charge is -2.23. The van der Waals surface area contributed by atoms with Gasteiger partial charge in [0.1, 0.15) is 0 Å². The molecule has 0 heterocycles. The number of hydrogen-bond donors (Lipinski definition) is 0. The largest absolute Gasteiger partial charge is 0.372 e. The van der Waals surface area contributed by atoms with Gasteiger partial charge in [0.25, 0.3) is 0 Å². The van der Waals surface area contributed by atoms with Gasteiger partial charge in [0.15, 0.2) is 0 Å². The van der Waals surface area contributed by atoms with E-state index in [1.165, 1.54) is 33.6 Å². The molecule has 0 fully saturated rings. The standard InChI is InChI=1S/C27H34N2/c1-5-28(6-2)25-18-14-23(15-19-25)27(22-12-10-9-11-13-22)24-16-20-26(21-17-24)29(7-3)8-4/h10-21H,5-9H2,1-4H3. The first kappa shape index (κ1) is 21.0. The molecule has 3 rings (SSSR count). The van der Waals surface area contributed by atoms with Crippen LogP contribution in [-0.2, 0) is 0 Å². The summed E-state index contributed by atoms with van der Waals surface area (Å²) in [6.45, 7) is 13.0. The Morgan fingerprint density at radius 1 is 0.621 bits per heavy atom. The highest BCUT2D eigenvalue weighted by Crippen LogP contribution is 2.32. The van der Waals surface area contributed by atoms with Crippen molar-refractivity contribution in [3.63, 3.8) is 0 Å². The normalized spacial score (nSPS) is 12.9. The molecule has 0 atom stereocenters. The van der Waals surface area contributed by atoms with Gasteiger partial charge in [-0.25, -0.2) is 0 Å². The Kier molecular flexibility index (Phi) is 7.35. The van der Waals surface area contributed by atoms with Crippen LogP contribution in [0, 0.1) is 0 Å². The van der Waals surface area contributed by atoms with Crippen LogP contribution in [0.25, 0.3) is 5.57 Å². The van der Waals surface area contributed by atoms with Gasteiger partial charge in [0.2, 0.25) is 0 Å². The number of anilines is 2. The van der Waals surface area contributed by atoms with Crippen LogP contribution >= 0.6 is 0 Å². The van der Waals surface area contributed by atoms with Gasteiger partial charge < -0.3 is 9.80 Å². The highest BCUT2D eigenvalue weighted by molar-refractivity contribution is 5.86. The second kappa shape index (κ2) is 10.2. The molecule has 0 N–H and O–H groups in total. The average molecular weight is 387 g/mol. The number of hydrogen-bond acceptors (Lipinski definition) is 2. The first-order valence-corrected chi connectivity index (χ1v) is 11.0. The predicted octanol–water partition coefficient (Wildman–Crippen LogP) is 6.70. The third-order valence-corrected chi connectivity index (χ3v) is 5.72. The molecule has 0 spiro atoms. The number of allylic oxidation sites excluding steroid dienone is 5. The molecule has 2 heteroatoms. The van der Waals surface area contributed by atoms with Crippen LogP contribution in [0.2, 0.25) is 0 Å². The summed E-state index contributed by atoms with van der Waals surface area (Å²) in [5.41, 5.74) is 7.69. The SMILES string of the molecule is CCN(CC)c1ccc(C(=C2C=CCC=C2)c2ccc(N(CC)CC)cc2)cc1. The predicted molar refractivity (Wildman–Crippen MR) is 129 cm³/mol. The van der Waals surface area contributed by atoms with Crippen LogP contribution in [0.1, 0.15) is 45.2 Å². The van der Waals surface area contributed by atoms with Gasteiger partial charge in [0, 0.05) is 37.6 Å². The molecule has 0 radical (unpaired) electrons. The average Bonchev–Trinajstić information content (AvgIpc) is 2.78. The van der Waals surface area contributed by atoms with Gasteiger partial charge in [-0.15, -0.1) is 0 Å². The summed E-state index contributed by atoms with van der Waals surface area (Å²) < 4.78 is 0. The van der Waals surface area contributed by atoms with E-state index in [1.54, 1.807) is 0 Å². The van der Waals surface area contributed by atoms with Gasteiger partial charge in [-0.2, -0.15) is 0 Å². The van der Waals surface area contributed by atoms with Crippen molar-refractivity contribution in [2.24, 2.45) is 0 Å². The van der Waals surface area contributed by atoms with Crippen molar-refractivity contribution in [3.8, 4) is 0 Å². The second-order valence-electron chi connectivity index (χ2n) is 7.31. The van der Waals surface area contributed by atoms with Gasteiger partial charge in [-0.05, 0) is 80.7 Å². The first-order chi connectivity index (χ1) is 14.2. The molecule has 0 amide bonds. The molecule has 2 aromatic rings. The maximum absolute atomic E-state index is 2.38. The van der Waals surface area contributed by atoms with Crippen LogP contribution in [0.5, 0.6) is 0 Å². The molecule has 1 aliphatic carbocycles. The zero-order valence-electron chi connectivity index (χ0n) is 18.4. The summed E-state index contributed by atoms with van der Waals surface area (Å²) in [4.78, 5) is 4.77. The maximum atomic E-state index is 2.38. The molecule has 29 heavy (non-hydrogen) atoms. The molecule has 2 aromatic carbocycles. The maximum Gasteiger partial charge on any atom is 0.0366 e. The third-order valence-electron chi connectivity index (χ3n) is 5.72. The Balaban J connectivity index is 2.02. The Hall–Kier alpha value is -2.74. The summed E-state index contributed by atoms with van der Waals surface area (Å²) in [7, 11) is 0. The van der Waals surface area contributed by atoms with E-state index in [2.05, 4.69) is 110 Å². The van der Waals surface area contributed by atoms with Gasteiger partial charge in [-0.1, -0.05) is 48.6 Å². The van der Waals surface area contributed by atoms with E-state index in [0.717, 1.165) is 32.6 Å². The van der Waals surface area contributed by atoms with E-state index in [4.69, 9.17) is 0 Å². The highest BCUT2D eigenvalue weighted by Gasteiger charge is 2.12. The minimum atomic E-state index is 1.01. The van der Waals surface area contributed by atoms with E-state index in [1.807, 2.05) is 0 Å². The number of nitrogens with zero attached hydrogens (tertiary/aromatic N) is 2. The number of benzene rings is 2. The lowest BCUT2D eigenvalue weighted by Crippen LogP contribution is -2.21. The fourth-order valence-corrected chi connectivity index (χ4v) is 4.05. The molecule has 0 unspecified atom stereocenters. The van der Waals surface area contributed by atoms with Crippen molar-refractivity contribution in [1.82, 2.24) is 0 Å². The van der Waals surface area contributed by atoms with Crippen LogP contribution in [0.4, 0.5) is 11.4 Å². The summed E-state index contributed by atoms with van der Waals surface area (Å²) in [5, 5.41) is 0. The molecule has 0 saturated carbocycles. The monoisotopic (exact) mass is 386 g/mol. The van der Waals surface area contributed by atoms with Crippen molar-refractivity contribution >= 4 is 16.9 Å². The lowest BCUT2D eigenvalue weighted by atomic mass is 9.90. The molecule has 1 aliphatic rings. The van der Waals surface area contributed by atoms with Crippen LogP contribution in [0.15, 0.2) is 78.4 Å². The van der Waals surface area contributed by atoms with Crippen LogP contribution in [0.3, 0.4) is 0 Å². The highest BCUT2D eigenvalue weighted by atomic mass is 15.1. The molecule has 0 aromatic heterocycles. The van der Waals surface area contributed by atoms with Crippen molar-refractivity contribution in [2.75, 3.05) is 36.0 Å². The molecule has 2 nitrogen and oxygen atoms in total. The zero-order valence-corrected chi connectivity index (χ0v) is 18.4. The van der Waals surface area contributed by atoms with E-state index in [-0.39, 0.29) is 0 Å². The molecular formula is C27H34N2. The quantitative estimate of drug-likeness (QED) is 0.498. The van der Waals surface area contributed by atoms with Crippen molar-refractivity contribution < 1.29 is 0 Å². The zero-order chi connectivity index (χ0) is 20.6. The minimum Gasteiger partial charge on any atom is -0.372 e. The van der Waals surface area contributed by atoms with E-state index >= 15 is 0 Å². The third kappa shape index (κ3) is 4.82. The van der Waals surface area contributed by atoms with Gasteiger partial charge >= 0.3 is 0 Å². The van der Waals surface area contributed by atoms with E-state index < -0.39 is 0 Å². The number of rotatable bonds is 8. The fraction of sp³-hybridized carbons (Fsp3) is 0.333. The van der Waals surface area contributed by atoms with E-state index in [0.29, 0.717) is 0 Å². The first-order valence-electron chi connectivity index (χ1n) is 11.0. The Bertz CT molecular complexity index is 790. The smallest absolute Gasteiger partial charge is 0.0366 e. The Morgan fingerprint density at radius 2 is 1.00 bits per heavy atom. The fourth-order valence-electron chi connectivity index (χ4n) is 4.05. The van der Waals surface area contributed by atoms with Gasteiger partial charge in [-0.3, -0.25) is 0 Å². The van der Waals surface area contributed by atoms with Crippen LogP contribution < -0.4 is 9.80 Å². The molecule has 0 bridgehead atoms. The van der Waals surface area contributed by atoms with E-state index in [9.17, 15) is 0 Å². The molecule has 0 aliphatic heterocycles. The van der Waals surface area contributed by atoms with Gasteiger partial charge in [0.05, 0.1) is 0 Å². The summed E-state index contributed by atoms with van der Waals surface area (Å²) in [6, 6.07) is 18.1. The summed E-state index contributed by atoms with van der Waals surface area (Å²) in [5.74, 6) is 0. The molecular weight excluding hydrogens is 352 g/mol. The van der Waals surface area contributed by atoms with Crippen molar-refractivity contribution in [3.05, 3.63) is 89.5 Å². The van der Waals surface area contributed by atoms with Crippen molar-refractivity contribution in [2.45, 2.75) is 34.1 Å². The lowest BCUT2D eigenvalue weighted by molar-refractivity contribution is 0.866. The van der Waals surface area contributed by atoms with Crippen molar-refractivity contribution in [1.29, 1.82) is 0 Å². The molecule has 0 saturated heterocycles. The molecule has 152 valence electrons. The summed E-state index contributed by atoms with van der Waals surface area (Å²) >= 11 is 0.